The molecule has 0 aliphatic carbocycles. The molecule has 0 spiro atoms. The Balaban J connectivity index is 1.69. The maximum Gasteiger partial charge on any atom is 0.405 e. The molecule has 0 heterocycles. The van der Waals surface area contributed by atoms with E-state index >= 15 is 0 Å². The Morgan fingerprint density at radius 3 is 2.05 bits per heavy atom. The van der Waals surface area contributed by atoms with Gasteiger partial charge in [-0.1, -0.05) is 92.5 Å². The Labute approximate surface area is 264 Å². The topological polar surface area (TPSA) is 162 Å². The number of unbranched alkanes of at least 4 members (excludes halogenated alkanes) is 1. The van der Waals surface area contributed by atoms with Crippen molar-refractivity contribution < 1.29 is 28.2 Å². The minimum absolute atomic E-state index is 0.00794. The molecule has 2 atom stereocenters. The van der Waals surface area contributed by atoms with E-state index in [9.17, 15) is 28.2 Å². The van der Waals surface area contributed by atoms with E-state index in [1.54, 1.807) is 0 Å². The van der Waals surface area contributed by atoms with E-state index in [4.69, 9.17) is 17.3 Å². The molecule has 6 N–H and O–H groups in total. The van der Waals surface area contributed by atoms with Gasteiger partial charge in [0.1, 0.15) is 6.04 Å². The molecule has 0 aliphatic heterocycles. The van der Waals surface area contributed by atoms with Crippen molar-refractivity contribution >= 4 is 39.3 Å². The number of nitrogen functional groups attached to an aromatic ring is 1. The third-order valence-corrected chi connectivity index (χ3v) is 9.46. The van der Waals surface area contributed by atoms with Gasteiger partial charge in [-0.25, -0.2) is 13.2 Å². The number of carboxylic acid groups (broad SMARTS) is 1. The summed E-state index contributed by atoms with van der Waals surface area (Å²) >= 11 is 6.10. The number of halogens is 1. The fraction of sp³-hybridized carbons (Fsp3) is 0.375. The van der Waals surface area contributed by atoms with Crippen LogP contribution in [0.25, 0.3) is 0 Å². The van der Waals surface area contributed by atoms with Crippen molar-refractivity contribution in [1.29, 1.82) is 0 Å². The number of nitrogens with two attached hydrogens (primary N) is 1. The van der Waals surface area contributed by atoms with Gasteiger partial charge in [-0.15, -0.1) is 0 Å². The van der Waals surface area contributed by atoms with E-state index in [0.29, 0.717) is 19.3 Å². The quantitative estimate of drug-likeness (QED) is 0.112. The van der Waals surface area contributed by atoms with Gasteiger partial charge in [-0.05, 0) is 48.1 Å². The number of carbonyl (C=O) groups excluding carboxylic acids is 1. The highest BCUT2D eigenvalue weighted by Gasteiger charge is 2.33. The summed E-state index contributed by atoms with van der Waals surface area (Å²) in [6, 6.07) is 20.8. The number of aliphatic hydroxyl groups excluding tert-OH is 1. The van der Waals surface area contributed by atoms with Crippen LogP contribution in [0.1, 0.15) is 50.2 Å². The average Bonchev–Trinajstić information content (AvgIpc) is 2.99. The number of nitrogens with zero attached hydrogens (tertiary/aromatic N) is 1. The van der Waals surface area contributed by atoms with Gasteiger partial charge in [0.05, 0.1) is 22.2 Å². The number of anilines is 1. The highest BCUT2D eigenvalue weighted by atomic mass is 35.5. The molecule has 2 amide bonds. The maximum absolute atomic E-state index is 13.6. The SMILES string of the molecule is CC(C)CN([C@H](CO)CCCCNC(=O)[C@@H](NC(=O)O)C(c1ccccc1)c1ccccc1)S(=O)(=O)c1ccc(N)c(Cl)c1. The second-order valence-corrected chi connectivity index (χ2v) is 13.3. The molecule has 44 heavy (non-hydrogen) atoms. The first-order valence-corrected chi connectivity index (χ1v) is 16.3. The third-order valence-electron chi connectivity index (χ3n) is 7.22. The van der Waals surface area contributed by atoms with Crippen molar-refractivity contribution in [2.45, 2.75) is 56.0 Å². The highest BCUT2D eigenvalue weighted by Crippen LogP contribution is 2.29. The first kappa shape index (κ1) is 34.8. The second-order valence-electron chi connectivity index (χ2n) is 11.0. The first-order valence-electron chi connectivity index (χ1n) is 14.5. The van der Waals surface area contributed by atoms with Crippen molar-refractivity contribution in [2.75, 3.05) is 25.4 Å². The summed E-state index contributed by atoms with van der Waals surface area (Å²) in [5.74, 6) is -1.06. The van der Waals surface area contributed by atoms with Crippen LogP contribution in [0.4, 0.5) is 10.5 Å². The van der Waals surface area contributed by atoms with Crippen LogP contribution < -0.4 is 16.4 Å². The number of nitrogens with one attached hydrogen (secondary N) is 2. The van der Waals surface area contributed by atoms with Gasteiger partial charge in [0.2, 0.25) is 15.9 Å². The zero-order valence-corrected chi connectivity index (χ0v) is 26.5. The predicted octanol–water partition coefficient (Wildman–Crippen LogP) is 4.68. The molecule has 0 aromatic heterocycles. The molecule has 0 aliphatic rings. The van der Waals surface area contributed by atoms with Crippen molar-refractivity contribution in [3.8, 4) is 0 Å². The lowest BCUT2D eigenvalue weighted by atomic mass is 9.84. The van der Waals surface area contributed by atoms with Crippen LogP contribution >= 0.6 is 11.6 Å². The monoisotopic (exact) mass is 644 g/mol. The molecule has 0 saturated carbocycles. The average molecular weight is 645 g/mol. The molecule has 0 bridgehead atoms. The van der Waals surface area contributed by atoms with Gasteiger partial charge in [0, 0.05) is 25.0 Å². The molecular weight excluding hydrogens is 604 g/mol. The molecule has 0 unspecified atom stereocenters. The molecule has 0 saturated heterocycles. The lowest BCUT2D eigenvalue weighted by Gasteiger charge is -2.31. The smallest absolute Gasteiger partial charge is 0.405 e. The number of benzene rings is 3. The standard InChI is InChI=1S/C32H41ClN4O6S/c1-22(2)20-37(44(42,43)26-16-17-28(34)27(33)19-26)25(21-38)15-9-10-18-35-31(39)30(36-32(40)41)29(23-11-5-3-6-12-23)24-13-7-4-8-14-24/h3-8,11-14,16-17,19,22,25,29-30,36,38H,9-10,15,18,20-21,34H2,1-2H3,(H,35,39)(H,40,41)/t25-,30-/m0/s1. The highest BCUT2D eigenvalue weighted by molar-refractivity contribution is 7.89. The van der Waals surface area contributed by atoms with Gasteiger partial charge in [0.25, 0.3) is 0 Å². The Hall–Kier alpha value is -3.64. The number of rotatable bonds is 16. The molecule has 238 valence electrons. The summed E-state index contributed by atoms with van der Waals surface area (Å²) in [5.41, 5.74) is 7.60. The van der Waals surface area contributed by atoms with Crippen LogP contribution in [0.5, 0.6) is 0 Å². The van der Waals surface area contributed by atoms with Gasteiger partial charge < -0.3 is 26.6 Å². The molecule has 3 aromatic carbocycles. The van der Waals surface area contributed by atoms with E-state index < -0.39 is 40.0 Å². The Bertz CT molecular complexity index is 1440. The Kier molecular flexibility index (Phi) is 13.0. The van der Waals surface area contributed by atoms with Gasteiger partial charge >= 0.3 is 6.09 Å². The summed E-state index contributed by atoms with van der Waals surface area (Å²) in [6.07, 6.45) is -0.00139. The fourth-order valence-electron chi connectivity index (χ4n) is 5.09. The van der Waals surface area contributed by atoms with E-state index in [-0.39, 0.29) is 41.2 Å². The number of amides is 2. The van der Waals surface area contributed by atoms with Crippen LogP contribution in [0, 0.1) is 5.92 Å². The predicted molar refractivity (Wildman–Crippen MR) is 172 cm³/mol. The zero-order chi connectivity index (χ0) is 32.3. The van der Waals surface area contributed by atoms with Crippen LogP contribution in [-0.4, -0.2) is 66.7 Å². The maximum atomic E-state index is 13.6. The Morgan fingerprint density at radius 2 is 1.55 bits per heavy atom. The number of hydrogen-bond donors (Lipinski definition) is 5. The fourth-order valence-corrected chi connectivity index (χ4v) is 7.17. The molecular formula is C32H41ClN4O6S. The van der Waals surface area contributed by atoms with Gasteiger partial charge in [-0.2, -0.15) is 4.31 Å². The normalized spacial score (nSPS) is 13.2. The third kappa shape index (κ3) is 9.43. The lowest BCUT2D eigenvalue weighted by molar-refractivity contribution is -0.123. The summed E-state index contributed by atoms with van der Waals surface area (Å²) in [5, 5.41) is 25.2. The largest absolute Gasteiger partial charge is 0.465 e. The summed E-state index contributed by atoms with van der Waals surface area (Å²) in [7, 11) is -3.99. The van der Waals surface area contributed by atoms with Crippen molar-refractivity contribution in [3.05, 3.63) is 95.0 Å². The van der Waals surface area contributed by atoms with Crippen LogP contribution in [0.3, 0.4) is 0 Å². The first-order chi connectivity index (χ1) is 20.9. The molecule has 12 heteroatoms. The Morgan fingerprint density at radius 1 is 0.955 bits per heavy atom. The zero-order valence-electron chi connectivity index (χ0n) is 24.9. The van der Waals surface area contributed by atoms with E-state index in [1.807, 2.05) is 74.5 Å². The summed E-state index contributed by atoms with van der Waals surface area (Å²) < 4.78 is 28.4. The van der Waals surface area contributed by atoms with Crippen LogP contribution in [0.15, 0.2) is 83.8 Å². The molecule has 0 fully saturated rings. The number of aliphatic hydroxyl groups is 1. The second kappa shape index (κ2) is 16.4. The molecule has 3 rings (SSSR count). The minimum Gasteiger partial charge on any atom is -0.465 e. The number of sulfonamides is 1. The summed E-state index contributed by atoms with van der Waals surface area (Å²) in [4.78, 5) is 25.1. The van der Waals surface area contributed by atoms with Crippen LogP contribution in [-0.2, 0) is 14.8 Å². The minimum atomic E-state index is -3.99. The van der Waals surface area contributed by atoms with E-state index in [0.717, 1.165) is 11.1 Å². The summed E-state index contributed by atoms with van der Waals surface area (Å²) in [6.45, 7) is 3.82. The van der Waals surface area contributed by atoms with Gasteiger partial charge in [-0.3, -0.25) is 4.79 Å². The van der Waals surface area contributed by atoms with Gasteiger partial charge in [0.15, 0.2) is 0 Å². The molecule has 3 aromatic rings. The van der Waals surface area contributed by atoms with Crippen LogP contribution in [0.2, 0.25) is 5.02 Å². The van der Waals surface area contributed by atoms with Crippen molar-refractivity contribution in [3.63, 3.8) is 0 Å². The number of hydrogen-bond acceptors (Lipinski definition) is 6. The lowest BCUT2D eigenvalue weighted by Crippen LogP contribution is -2.50. The van der Waals surface area contributed by atoms with Crippen molar-refractivity contribution in [2.24, 2.45) is 5.92 Å². The molecule has 10 nitrogen and oxygen atoms in total. The van der Waals surface area contributed by atoms with E-state index in [1.165, 1.54) is 22.5 Å². The molecule has 0 radical (unpaired) electrons. The van der Waals surface area contributed by atoms with Crippen molar-refractivity contribution in [1.82, 2.24) is 14.9 Å². The van der Waals surface area contributed by atoms with E-state index in [2.05, 4.69) is 10.6 Å². The number of carbonyl (C=O) groups is 2.